The Balaban J connectivity index is 1.76. The minimum absolute atomic E-state index is 0.0168. The molecule has 19 heavy (non-hydrogen) atoms. The van der Waals surface area contributed by atoms with Crippen LogP contribution in [-0.4, -0.2) is 39.0 Å². The van der Waals surface area contributed by atoms with E-state index in [2.05, 4.69) is 10.0 Å². The first-order chi connectivity index (χ1) is 9.08. The Labute approximate surface area is 114 Å². The molecule has 1 saturated carbocycles. The summed E-state index contributed by atoms with van der Waals surface area (Å²) in [7, 11) is -3.53. The molecule has 2 fully saturated rings. The Morgan fingerprint density at radius 1 is 1.11 bits per heavy atom. The highest BCUT2D eigenvalue weighted by molar-refractivity contribution is 7.90. The van der Waals surface area contributed by atoms with Crippen molar-refractivity contribution in [3.63, 3.8) is 0 Å². The SMILES string of the molecule is O=C(NCC1CCCO1)NS(=O)(=O)C1CCCCC1. The molecular formula is C12H22N2O4S. The summed E-state index contributed by atoms with van der Waals surface area (Å²) in [5.41, 5.74) is 0. The second kappa shape index (κ2) is 6.56. The van der Waals surface area contributed by atoms with Crippen molar-refractivity contribution >= 4 is 16.1 Å². The molecule has 0 radical (unpaired) electrons. The molecule has 0 aromatic heterocycles. The maximum absolute atomic E-state index is 12.0. The molecule has 1 aliphatic carbocycles. The van der Waals surface area contributed by atoms with Crippen molar-refractivity contribution in [2.45, 2.75) is 56.3 Å². The Bertz CT molecular complexity index is 398. The van der Waals surface area contributed by atoms with Crippen LogP contribution in [0.25, 0.3) is 0 Å². The lowest BCUT2D eigenvalue weighted by molar-refractivity contribution is 0.111. The third-order valence-corrected chi connectivity index (χ3v) is 5.56. The largest absolute Gasteiger partial charge is 0.376 e. The number of hydrogen-bond acceptors (Lipinski definition) is 4. The van der Waals surface area contributed by atoms with Crippen molar-refractivity contribution in [3.8, 4) is 0 Å². The summed E-state index contributed by atoms with van der Waals surface area (Å²) >= 11 is 0. The molecule has 2 aliphatic rings. The number of rotatable bonds is 4. The molecule has 7 heteroatoms. The van der Waals surface area contributed by atoms with E-state index in [0.29, 0.717) is 26.0 Å². The average Bonchev–Trinajstić information content (AvgIpc) is 2.90. The standard InChI is InChI=1S/C12H22N2O4S/c15-12(13-9-10-5-4-8-18-10)14-19(16,17)11-6-2-1-3-7-11/h10-11H,1-9H2,(H2,13,14,15). The zero-order valence-corrected chi connectivity index (χ0v) is 11.9. The fraction of sp³-hybridized carbons (Fsp3) is 0.917. The van der Waals surface area contributed by atoms with E-state index in [-0.39, 0.29) is 6.10 Å². The van der Waals surface area contributed by atoms with Crippen LogP contribution < -0.4 is 10.0 Å². The minimum Gasteiger partial charge on any atom is -0.376 e. The van der Waals surface area contributed by atoms with Gasteiger partial charge in [0.15, 0.2) is 0 Å². The van der Waals surface area contributed by atoms with Crippen molar-refractivity contribution in [2.75, 3.05) is 13.2 Å². The summed E-state index contributed by atoms with van der Waals surface area (Å²) in [5.74, 6) is 0. The number of sulfonamides is 1. The Kier molecular flexibility index (Phi) is 5.04. The highest BCUT2D eigenvalue weighted by Gasteiger charge is 2.28. The van der Waals surface area contributed by atoms with E-state index in [1.54, 1.807) is 0 Å². The third-order valence-electron chi connectivity index (χ3n) is 3.74. The topological polar surface area (TPSA) is 84.5 Å². The van der Waals surface area contributed by atoms with Crippen LogP contribution in [0.5, 0.6) is 0 Å². The highest BCUT2D eigenvalue weighted by atomic mass is 32.2. The van der Waals surface area contributed by atoms with Crippen LogP contribution in [0.15, 0.2) is 0 Å². The number of carbonyl (C=O) groups is 1. The summed E-state index contributed by atoms with van der Waals surface area (Å²) in [6, 6.07) is -0.638. The zero-order chi connectivity index (χ0) is 13.7. The van der Waals surface area contributed by atoms with Gasteiger partial charge in [-0.25, -0.2) is 17.9 Å². The summed E-state index contributed by atoms with van der Waals surface area (Å²) in [6.07, 6.45) is 6.14. The van der Waals surface area contributed by atoms with Gasteiger partial charge in [0.25, 0.3) is 0 Å². The van der Waals surface area contributed by atoms with Crippen LogP contribution in [-0.2, 0) is 14.8 Å². The van der Waals surface area contributed by atoms with Crippen LogP contribution in [0, 0.1) is 0 Å². The smallest absolute Gasteiger partial charge is 0.328 e. The lowest BCUT2D eigenvalue weighted by Gasteiger charge is -2.22. The maximum atomic E-state index is 12.0. The van der Waals surface area contributed by atoms with E-state index in [4.69, 9.17) is 4.74 Å². The zero-order valence-electron chi connectivity index (χ0n) is 11.1. The van der Waals surface area contributed by atoms with Gasteiger partial charge in [0.1, 0.15) is 0 Å². The second-order valence-corrected chi connectivity index (χ2v) is 7.21. The molecule has 6 nitrogen and oxygen atoms in total. The average molecular weight is 290 g/mol. The van der Waals surface area contributed by atoms with Crippen molar-refractivity contribution in [3.05, 3.63) is 0 Å². The van der Waals surface area contributed by atoms with E-state index < -0.39 is 21.3 Å². The van der Waals surface area contributed by atoms with Crippen molar-refractivity contribution in [2.24, 2.45) is 0 Å². The minimum atomic E-state index is -3.53. The van der Waals surface area contributed by atoms with Crippen molar-refractivity contribution in [1.82, 2.24) is 10.0 Å². The van der Waals surface area contributed by atoms with Gasteiger partial charge in [-0.1, -0.05) is 19.3 Å². The molecule has 2 amide bonds. The Morgan fingerprint density at radius 3 is 2.47 bits per heavy atom. The van der Waals surface area contributed by atoms with Crippen LogP contribution in [0.2, 0.25) is 0 Å². The van der Waals surface area contributed by atoms with Crippen LogP contribution >= 0.6 is 0 Å². The molecule has 1 aliphatic heterocycles. The van der Waals surface area contributed by atoms with E-state index in [0.717, 1.165) is 32.1 Å². The van der Waals surface area contributed by atoms with Crippen LogP contribution in [0.4, 0.5) is 4.79 Å². The number of carbonyl (C=O) groups excluding carboxylic acids is 1. The number of ether oxygens (including phenoxy) is 1. The van der Waals surface area contributed by atoms with E-state index in [9.17, 15) is 13.2 Å². The summed E-state index contributed by atoms with van der Waals surface area (Å²) < 4.78 is 31.5. The second-order valence-electron chi connectivity index (χ2n) is 5.25. The fourth-order valence-electron chi connectivity index (χ4n) is 2.64. The Morgan fingerprint density at radius 2 is 1.84 bits per heavy atom. The van der Waals surface area contributed by atoms with Gasteiger partial charge in [-0.3, -0.25) is 0 Å². The van der Waals surface area contributed by atoms with E-state index in [1.807, 2.05) is 0 Å². The van der Waals surface area contributed by atoms with Gasteiger partial charge in [-0.15, -0.1) is 0 Å². The number of nitrogens with one attached hydrogen (secondary N) is 2. The number of amides is 2. The molecule has 0 bridgehead atoms. The quantitative estimate of drug-likeness (QED) is 0.813. The first-order valence-corrected chi connectivity index (χ1v) is 8.53. The lowest BCUT2D eigenvalue weighted by Crippen LogP contribution is -2.46. The summed E-state index contributed by atoms with van der Waals surface area (Å²) in [6.45, 7) is 1.08. The predicted molar refractivity (Wildman–Crippen MR) is 71.3 cm³/mol. The summed E-state index contributed by atoms with van der Waals surface area (Å²) in [5, 5.41) is 2.14. The summed E-state index contributed by atoms with van der Waals surface area (Å²) in [4.78, 5) is 11.6. The molecule has 0 spiro atoms. The Hall–Kier alpha value is -0.820. The lowest BCUT2D eigenvalue weighted by atomic mass is 10.0. The fourth-order valence-corrected chi connectivity index (χ4v) is 4.09. The van der Waals surface area contributed by atoms with E-state index >= 15 is 0 Å². The molecule has 110 valence electrons. The van der Waals surface area contributed by atoms with Gasteiger partial charge in [0, 0.05) is 13.2 Å². The molecule has 2 rings (SSSR count). The molecular weight excluding hydrogens is 268 g/mol. The van der Waals surface area contributed by atoms with Gasteiger partial charge >= 0.3 is 6.03 Å². The molecule has 1 heterocycles. The molecule has 1 unspecified atom stereocenters. The molecule has 2 N–H and O–H groups in total. The first kappa shape index (κ1) is 14.6. The van der Waals surface area contributed by atoms with Gasteiger partial charge < -0.3 is 10.1 Å². The first-order valence-electron chi connectivity index (χ1n) is 6.99. The van der Waals surface area contributed by atoms with Crippen LogP contribution in [0.1, 0.15) is 44.9 Å². The maximum Gasteiger partial charge on any atom is 0.328 e. The highest BCUT2D eigenvalue weighted by Crippen LogP contribution is 2.22. The van der Waals surface area contributed by atoms with Gasteiger partial charge in [-0.05, 0) is 25.7 Å². The van der Waals surface area contributed by atoms with Crippen LogP contribution in [0.3, 0.4) is 0 Å². The van der Waals surface area contributed by atoms with Crippen molar-refractivity contribution in [1.29, 1.82) is 0 Å². The predicted octanol–water partition coefficient (Wildman–Crippen LogP) is 1.13. The normalized spacial score (nSPS) is 25.2. The molecule has 1 atom stereocenters. The molecule has 0 aromatic rings. The number of urea groups is 1. The molecule has 1 saturated heterocycles. The van der Waals surface area contributed by atoms with Gasteiger partial charge in [-0.2, -0.15) is 0 Å². The van der Waals surface area contributed by atoms with Crippen molar-refractivity contribution < 1.29 is 17.9 Å². The monoisotopic (exact) mass is 290 g/mol. The third kappa shape index (κ3) is 4.35. The van der Waals surface area contributed by atoms with Gasteiger partial charge in [0.05, 0.1) is 11.4 Å². The van der Waals surface area contributed by atoms with Gasteiger partial charge in [0.2, 0.25) is 10.0 Å². The molecule has 0 aromatic carbocycles. The van der Waals surface area contributed by atoms with E-state index in [1.165, 1.54) is 0 Å². The number of hydrogen-bond donors (Lipinski definition) is 2.